The van der Waals surface area contributed by atoms with Crippen LogP contribution in [0.3, 0.4) is 0 Å². The Kier molecular flexibility index (Phi) is 5.62. The van der Waals surface area contributed by atoms with Crippen LogP contribution < -0.4 is 10.1 Å². The van der Waals surface area contributed by atoms with E-state index in [-0.39, 0.29) is 5.41 Å². The van der Waals surface area contributed by atoms with Gasteiger partial charge in [-0.15, -0.1) is 0 Å². The molecule has 0 heterocycles. The van der Waals surface area contributed by atoms with Gasteiger partial charge in [-0.2, -0.15) is 0 Å². The third kappa shape index (κ3) is 4.88. The molecule has 0 spiro atoms. The molecule has 0 radical (unpaired) electrons. The maximum atomic E-state index is 5.80. The van der Waals surface area contributed by atoms with Crippen LogP contribution in [0.5, 0.6) is 5.75 Å². The van der Waals surface area contributed by atoms with E-state index in [0.717, 1.165) is 12.3 Å². The van der Waals surface area contributed by atoms with Crippen molar-refractivity contribution in [3.05, 3.63) is 65.7 Å². The summed E-state index contributed by atoms with van der Waals surface area (Å²) in [6.07, 6.45) is 0. The maximum Gasteiger partial charge on any atom is 0.119 e. The van der Waals surface area contributed by atoms with Crippen LogP contribution in [0.2, 0.25) is 0 Å². The van der Waals surface area contributed by atoms with Gasteiger partial charge in [0.25, 0.3) is 0 Å². The maximum absolute atomic E-state index is 5.80. The van der Waals surface area contributed by atoms with Gasteiger partial charge >= 0.3 is 0 Å². The molecule has 2 aromatic rings. The van der Waals surface area contributed by atoms with E-state index in [1.54, 1.807) is 0 Å². The molecule has 22 heavy (non-hydrogen) atoms. The molecule has 0 aromatic heterocycles. The van der Waals surface area contributed by atoms with Crippen LogP contribution in [0.25, 0.3) is 0 Å². The van der Waals surface area contributed by atoms with Gasteiger partial charge in [0.1, 0.15) is 12.4 Å². The number of hydrogen-bond acceptors (Lipinski definition) is 2. The lowest BCUT2D eigenvalue weighted by atomic mass is 9.87. The molecule has 2 heteroatoms. The Morgan fingerprint density at radius 3 is 2.18 bits per heavy atom. The fourth-order valence-corrected chi connectivity index (χ4v) is 2.36. The topological polar surface area (TPSA) is 21.3 Å². The molecule has 1 atom stereocenters. The third-order valence-corrected chi connectivity index (χ3v) is 3.84. The van der Waals surface area contributed by atoms with E-state index in [2.05, 4.69) is 81.5 Å². The second-order valence-corrected chi connectivity index (χ2v) is 6.71. The van der Waals surface area contributed by atoms with E-state index in [1.165, 1.54) is 11.1 Å². The predicted molar refractivity (Wildman–Crippen MR) is 93.5 cm³/mol. The highest BCUT2D eigenvalue weighted by Gasteiger charge is 2.12. The van der Waals surface area contributed by atoms with Crippen molar-refractivity contribution in [2.75, 3.05) is 13.2 Å². The molecule has 0 aliphatic rings. The zero-order valence-electron chi connectivity index (χ0n) is 14.1. The van der Waals surface area contributed by atoms with E-state index in [4.69, 9.17) is 4.74 Å². The van der Waals surface area contributed by atoms with Gasteiger partial charge in [0.05, 0.1) is 0 Å². The standard InChI is InChI=1S/C20H27NO/c1-16(17-8-6-5-7-9-17)21-14-15-22-19-12-10-18(11-13-19)20(2,3)4/h5-13,16,21H,14-15H2,1-4H3. The van der Waals surface area contributed by atoms with Crippen molar-refractivity contribution in [2.24, 2.45) is 0 Å². The Bertz CT molecular complexity index is 555. The van der Waals surface area contributed by atoms with Gasteiger partial charge in [0.15, 0.2) is 0 Å². The van der Waals surface area contributed by atoms with E-state index >= 15 is 0 Å². The Morgan fingerprint density at radius 2 is 1.59 bits per heavy atom. The summed E-state index contributed by atoms with van der Waals surface area (Å²) in [5, 5.41) is 3.48. The van der Waals surface area contributed by atoms with Gasteiger partial charge in [-0.1, -0.05) is 63.2 Å². The molecule has 0 saturated heterocycles. The molecule has 1 N–H and O–H groups in total. The fourth-order valence-electron chi connectivity index (χ4n) is 2.36. The van der Waals surface area contributed by atoms with Crippen molar-refractivity contribution in [3.8, 4) is 5.75 Å². The van der Waals surface area contributed by atoms with E-state index < -0.39 is 0 Å². The molecule has 0 aliphatic carbocycles. The van der Waals surface area contributed by atoms with Crippen LogP contribution in [-0.4, -0.2) is 13.2 Å². The van der Waals surface area contributed by atoms with Crippen molar-refractivity contribution in [3.63, 3.8) is 0 Å². The van der Waals surface area contributed by atoms with Crippen molar-refractivity contribution < 1.29 is 4.74 Å². The van der Waals surface area contributed by atoms with Crippen LogP contribution in [0.15, 0.2) is 54.6 Å². The summed E-state index contributed by atoms with van der Waals surface area (Å²) in [5.74, 6) is 0.933. The summed E-state index contributed by atoms with van der Waals surface area (Å²) in [5.41, 5.74) is 2.82. The molecule has 0 bridgehead atoms. The van der Waals surface area contributed by atoms with Crippen molar-refractivity contribution in [2.45, 2.75) is 39.2 Å². The molecular weight excluding hydrogens is 270 g/mol. The minimum atomic E-state index is 0.186. The van der Waals surface area contributed by atoms with Gasteiger partial charge in [0.2, 0.25) is 0 Å². The first-order valence-electron chi connectivity index (χ1n) is 7.98. The van der Waals surface area contributed by atoms with Crippen LogP contribution in [0.1, 0.15) is 44.9 Å². The summed E-state index contributed by atoms with van der Waals surface area (Å²) in [6.45, 7) is 10.3. The van der Waals surface area contributed by atoms with Crippen molar-refractivity contribution in [1.29, 1.82) is 0 Å². The van der Waals surface area contributed by atoms with Gasteiger partial charge in [-0.25, -0.2) is 0 Å². The smallest absolute Gasteiger partial charge is 0.119 e. The molecule has 2 aromatic carbocycles. The molecular formula is C20H27NO. The van der Waals surface area contributed by atoms with Gasteiger partial charge in [-0.05, 0) is 35.6 Å². The van der Waals surface area contributed by atoms with E-state index in [9.17, 15) is 0 Å². The largest absolute Gasteiger partial charge is 0.492 e. The lowest BCUT2D eigenvalue weighted by molar-refractivity contribution is 0.307. The summed E-state index contributed by atoms with van der Waals surface area (Å²) in [7, 11) is 0. The van der Waals surface area contributed by atoms with Crippen LogP contribution in [0, 0.1) is 0 Å². The second kappa shape index (κ2) is 7.46. The summed E-state index contributed by atoms with van der Waals surface area (Å²) < 4.78 is 5.80. The number of nitrogens with one attached hydrogen (secondary N) is 1. The van der Waals surface area contributed by atoms with Crippen LogP contribution >= 0.6 is 0 Å². The Balaban J connectivity index is 1.75. The first-order valence-corrected chi connectivity index (χ1v) is 7.98. The van der Waals surface area contributed by atoms with Crippen LogP contribution in [-0.2, 0) is 5.41 Å². The molecule has 0 saturated carbocycles. The summed E-state index contributed by atoms with van der Waals surface area (Å²) in [6, 6.07) is 19.2. The van der Waals surface area contributed by atoms with Gasteiger partial charge in [-0.3, -0.25) is 0 Å². The quantitative estimate of drug-likeness (QED) is 0.779. The SMILES string of the molecule is CC(NCCOc1ccc(C(C)(C)C)cc1)c1ccccc1. The molecule has 118 valence electrons. The third-order valence-electron chi connectivity index (χ3n) is 3.84. The van der Waals surface area contributed by atoms with Crippen molar-refractivity contribution in [1.82, 2.24) is 5.32 Å². The molecule has 0 aliphatic heterocycles. The molecule has 0 fully saturated rings. The molecule has 0 amide bonds. The van der Waals surface area contributed by atoms with Gasteiger partial charge in [0, 0.05) is 12.6 Å². The number of rotatable bonds is 6. The minimum Gasteiger partial charge on any atom is -0.492 e. The normalized spacial score (nSPS) is 12.9. The Hall–Kier alpha value is -1.80. The second-order valence-electron chi connectivity index (χ2n) is 6.71. The highest BCUT2D eigenvalue weighted by molar-refractivity contribution is 5.31. The highest BCUT2D eigenvalue weighted by Crippen LogP contribution is 2.24. The van der Waals surface area contributed by atoms with Gasteiger partial charge < -0.3 is 10.1 Å². The number of ether oxygens (including phenoxy) is 1. The molecule has 1 unspecified atom stereocenters. The zero-order valence-corrected chi connectivity index (χ0v) is 14.1. The summed E-state index contributed by atoms with van der Waals surface area (Å²) in [4.78, 5) is 0. The fraction of sp³-hybridized carbons (Fsp3) is 0.400. The van der Waals surface area contributed by atoms with E-state index in [1.807, 2.05) is 6.07 Å². The number of hydrogen-bond donors (Lipinski definition) is 1. The lowest BCUT2D eigenvalue weighted by Crippen LogP contribution is -2.24. The van der Waals surface area contributed by atoms with E-state index in [0.29, 0.717) is 12.6 Å². The average Bonchev–Trinajstić information content (AvgIpc) is 2.52. The molecule has 2 nitrogen and oxygen atoms in total. The molecule has 2 rings (SSSR count). The average molecular weight is 297 g/mol. The Morgan fingerprint density at radius 1 is 0.955 bits per heavy atom. The first kappa shape index (κ1) is 16.6. The van der Waals surface area contributed by atoms with Crippen LogP contribution in [0.4, 0.5) is 0 Å². The minimum absolute atomic E-state index is 0.186. The monoisotopic (exact) mass is 297 g/mol. The first-order chi connectivity index (χ1) is 10.5. The predicted octanol–water partition coefficient (Wildman–Crippen LogP) is 4.71. The number of benzene rings is 2. The zero-order chi connectivity index (χ0) is 16.0. The lowest BCUT2D eigenvalue weighted by Gasteiger charge is -2.19. The highest BCUT2D eigenvalue weighted by atomic mass is 16.5. The Labute approximate surface area is 134 Å². The summed E-state index contributed by atoms with van der Waals surface area (Å²) >= 11 is 0. The van der Waals surface area contributed by atoms with Crippen molar-refractivity contribution >= 4 is 0 Å².